The maximum absolute atomic E-state index is 14.2. The van der Waals surface area contributed by atoms with Gasteiger partial charge in [0, 0.05) is 23.2 Å². The third kappa shape index (κ3) is 4.26. The molecule has 0 aliphatic heterocycles. The average Bonchev–Trinajstić information content (AvgIpc) is 3.57. The maximum atomic E-state index is 14.2. The summed E-state index contributed by atoms with van der Waals surface area (Å²) in [5, 5.41) is 0. The Morgan fingerprint density at radius 1 is 1.09 bits per heavy atom. The van der Waals surface area contributed by atoms with Crippen LogP contribution in [0.3, 0.4) is 0 Å². The summed E-state index contributed by atoms with van der Waals surface area (Å²) < 4.78 is 56.5. The number of benzene rings is 2. The Kier molecular flexibility index (Phi) is 5.56. The van der Waals surface area contributed by atoms with Gasteiger partial charge >= 0.3 is 0 Å². The third-order valence-corrected chi connectivity index (χ3v) is 7.03. The van der Waals surface area contributed by atoms with E-state index in [1.165, 1.54) is 18.3 Å². The highest BCUT2D eigenvalue weighted by Gasteiger charge is 2.30. The second kappa shape index (κ2) is 8.58. The molecule has 2 heterocycles. The fraction of sp³-hybridized carbons (Fsp3) is 0.125. The number of H-pyrrole nitrogens is 1. The van der Waals surface area contributed by atoms with E-state index in [9.17, 15) is 17.2 Å². The van der Waals surface area contributed by atoms with Crippen molar-refractivity contribution < 1.29 is 17.2 Å². The van der Waals surface area contributed by atoms with Crippen molar-refractivity contribution >= 4 is 27.7 Å². The number of nitrogens with two attached hydrogens (primary N) is 1. The third-order valence-electron chi connectivity index (χ3n) is 5.61. The molecule has 0 bridgehead atoms. The molecule has 0 unspecified atom stereocenters. The summed E-state index contributed by atoms with van der Waals surface area (Å²) in [6.45, 7) is 3.82. The highest BCUT2D eigenvalue weighted by molar-refractivity contribution is 7.92. The molecule has 0 radical (unpaired) electrons. The monoisotopic (exact) mass is 494 g/mol. The highest BCUT2D eigenvalue weighted by atomic mass is 32.2. The van der Waals surface area contributed by atoms with Gasteiger partial charge in [-0.1, -0.05) is 30.9 Å². The van der Waals surface area contributed by atoms with Crippen molar-refractivity contribution in [3.63, 3.8) is 0 Å². The van der Waals surface area contributed by atoms with Gasteiger partial charge < -0.3 is 10.7 Å². The second-order valence-corrected chi connectivity index (χ2v) is 9.67. The largest absolute Gasteiger partial charge is 0.368 e. The molecule has 0 spiro atoms. The molecule has 0 amide bonds. The van der Waals surface area contributed by atoms with Crippen LogP contribution in [0.25, 0.3) is 28.7 Å². The zero-order valence-corrected chi connectivity index (χ0v) is 19.1. The van der Waals surface area contributed by atoms with E-state index >= 15 is 0 Å². The number of hydrogen-bond donors (Lipinski definition) is 3. The smallest absolute Gasteiger partial charge is 0.267 e. The lowest BCUT2D eigenvalue weighted by molar-refractivity contribution is 0.521. The van der Waals surface area contributed by atoms with Gasteiger partial charge in [-0.2, -0.15) is 0 Å². The average molecular weight is 495 g/mol. The van der Waals surface area contributed by atoms with Gasteiger partial charge in [0.25, 0.3) is 10.0 Å². The Morgan fingerprint density at radius 2 is 1.80 bits per heavy atom. The molecule has 4 aromatic rings. The Morgan fingerprint density at radius 3 is 2.46 bits per heavy atom. The van der Waals surface area contributed by atoms with Crippen molar-refractivity contribution in [2.75, 3.05) is 10.5 Å². The molecule has 1 fully saturated rings. The van der Waals surface area contributed by atoms with Crippen LogP contribution in [0.5, 0.6) is 0 Å². The summed E-state index contributed by atoms with van der Waals surface area (Å²) in [5.41, 5.74) is 8.41. The van der Waals surface area contributed by atoms with Gasteiger partial charge in [-0.3, -0.25) is 4.72 Å². The van der Waals surface area contributed by atoms with Crippen LogP contribution >= 0.6 is 0 Å². The van der Waals surface area contributed by atoms with E-state index < -0.39 is 26.6 Å². The summed E-state index contributed by atoms with van der Waals surface area (Å²) in [4.78, 5) is 15.3. The minimum Gasteiger partial charge on any atom is -0.368 e. The first-order valence-corrected chi connectivity index (χ1v) is 12.2. The van der Waals surface area contributed by atoms with E-state index in [0.717, 1.165) is 36.9 Å². The molecule has 5 rings (SSSR count). The number of aromatic nitrogens is 4. The van der Waals surface area contributed by atoms with Gasteiger partial charge in [0.15, 0.2) is 4.90 Å². The maximum Gasteiger partial charge on any atom is 0.267 e. The van der Waals surface area contributed by atoms with Gasteiger partial charge in [0.2, 0.25) is 5.95 Å². The number of halogens is 2. The Balaban J connectivity index is 1.64. The number of nitrogens with one attached hydrogen (secondary N) is 2. The molecule has 35 heavy (non-hydrogen) atoms. The molecule has 11 heteroatoms. The van der Waals surface area contributed by atoms with Crippen LogP contribution in [0, 0.1) is 11.6 Å². The SMILES string of the molecule is C=Cc1c(NS(=O)(=O)c2c(F)cccc2F)cccc1-c1nc(C2CC2)[nH]c1-c1ccnc(N)n1. The van der Waals surface area contributed by atoms with Crippen LogP contribution in [-0.2, 0) is 10.0 Å². The van der Waals surface area contributed by atoms with Crippen molar-refractivity contribution in [3.8, 4) is 22.6 Å². The summed E-state index contributed by atoms with van der Waals surface area (Å²) >= 11 is 0. The summed E-state index contributed by atoms with van der Waals surface area (Å²) in [6, 6.07) is 9.38. The van der Waals surface area contributed by atoms with E-state index in [0.29, 0.717) is 34.1 Å². The first-order valence-electron chi connectivity index (χ1n) is 10.7. The normalized spacial score (nSPS) is 13.5. The van der Waals surface area contributed by atoms with Crippen LogP contribution in [0.15, 0.2) is 60.1 Å². The van der Waals surface area contributed by atoms with Crippen LogP contribution in [0.1, 0.15) is 30.1 Å². The molecule has 178 valence electrons. The molecular weight excluding hydrogens is 474 g/mol. The van der Waals surface area contributed by atoms with E-state index in [4.69, 9.17) is 10.7 Å². The Bertz CT molecular complexity index is 1540. The lowest BCUT2D eigenvalue weighted by atomic mass is 10.0. The van der Waals surface area contributed by atoms with Crippen LogP contribution in [0.4, 0.5) is 20.4 Å². The standard InChI is InChI=1S/C24H20F2N6O2S/c1-2-14-15(5-3-8-18(14)32-35(33,34)22-16(25)6-4-7-17(22)26)20-21(19-11-12-28-24(27)29-19)31-23(30-20)13-9-10-13/h2-8,11-13,32H,1,9-10H2,(H,30,31)(H2,27,28,29). The topological polar surface area (TPSA) is 127 Å². The van der Waals surface area contributed by atoms with Gasteiger partial charge in [0.1, 0.15) is 17.5 Å². The van der Waals surface area contributed by atoms with E-state index in [1.54, 1.807) is 18.2 Å². The first kappa shape index (κ1) is 22.7. The predicted octanol–water partition coefficient (Wildman–Crippen LogP) is 4.72. The predicted molar refractivity (Wildman–Crippen MR) is 129 cm³/mol. The van der Waals surface area contributed by atoms with Crippen molar-refractivity contribution in [2.45, 2.75) is 23.7 Å². The molecule has 4 N–H and O–H groups in total. The molecule has 1 aliphatic carbocycles. The minimum absolute atomic E-state index is 0.0873. The number of nitrogen functional groups attached to an aromatic ring is 1. The summed E-state index contributed by atoms with van der Waals surface area (Å²) in [6.07, 6.45) is 4.98. The van der Waals surface area contributed by atoms with Crippen molar-refractivity contribution in [3.05, 3.63) is 78.3 Å². The number of nitrogens with zero attached hydrogens (tertiary/aromatic N) is 3. The quantitative estimate of drug-likeness (QED) is 0.341. The number of rotatable bonds is 7. The molecule has 0 atom stereocenters. The Labute approximate surface area is 200 Å². The molecule has 1 saturated carbocycles. The minimum atomic E-state index is -4.59. The molecule has 1 aliphatic rings. The van der Waals surface area contributed by atoms with E-state index in [2.05, 4.69) is 26.3 Å². The van der Waals surface area contributed by atoms with Gasteiger partial charge in [-0.05, 0) is 37.1 Å². The van der Waals surface area contributed by atoms with Crippen molar-refractivity contribution in [1.82, 2.24) is 19.9 Å². The van der Waals surface area contributed by atoms with Gasteiger partial charge in [0.05, 0.1) is 22.8 Å². The van der Waals surface area contributed by atoms with Crippen molar-refractivity contribution in [1.29, 1.82) is 0 Å². The number of hydrogen-bond acceptors (Lipinski definition) is 6. The van der Waals surface area contributed by atoms with Crippen LogP contribution in [0.2, 0.25) is 0 Å². The summed E-state index contributed by atoms with van der Waals surface area (Å²) in [7, 11) is -4.59. The molecule has 2 aromatic carbocycles. The lowest BCUT2D eigenvalue weighted by Crippen LogP contribution is -2.17. The Hall–Kier alpha value is -4.12. The molecular formula is C24H20F2N6O2S. The molecule has 2 aromatic heterocycles. The number of anilines is 2. The zero-order chi connectivity index (χ0) is 24.7. The van der Waals surface area contributed by atoms with E-state index in [-0.39, 0.29) is 11.6 Å². The van der Waals surface area contributed by atoms with E-state index in [1.807, 2.05) is 0 Å². The number of aromatic amines is 1. The summed E-state index contributed by atoms with van der Waals surface area (Å²) in [5.74, 6) is -1.23. The fourth-order valence-electron chi connectivity index (χ4n) is 3.85. The van der Waals surface area contributed by atoms with Gasteiger partial charge in [-0.25, -0.2) is 32.2 Å². The number of sulfonamides is 1. The zero-order valence-electron chi connectivity index (χ0n) is 18.3. The fourth-order valence-corrected chi connectivity index (χ4v) is 5.07. The first-order chi connectivity index (χ1) is 16.8. The van der Waals surface area contributed by atoms with Crippen LogP contribution < -0.4 is 10.5 Å². The second-order valence-electron chi connectivity index (χ2n) is 8.05. The van der Waals surface area contributed by atoms with Crippen molar-refractivity contribution in [2.24, 2.45) is 0 Å². The van der Waals surface area contributed by atoms with Gasteiger partial charge in [-0.15, -0.1) is 0 Å². The highest BCUT2D eigenvalue weighted by Crippen LogP contribution is 2.43. The molecule has 0 saturated heterocycles. The lowest BCUT2D eigenvalue weighted by Gasteiger charge is -2.15. The number of imidazole rings is 1. The molecule has 8 nitrogen and oxygen atoms in total. The van der Waals surface area contributed by atoms with Crippen LogP contribution in [-0.4, -0.2) is 28.4 Å².